The number of amides is 1. The molecule has 0 spiro atoms. The van der Waals surface area contributed by atoms with Crippen molar-refractivity contribution in [2.24, 2.45) is 0 Å². The number of benzene rings is 2. The van der Waals surface area contributed by atoms with E-state index in [-0.39, 0.29) is 17.9 Å². The second kappa shape index (κ2) is 8.24. The summed E-state index contributed by atoms with van der Waals surface area (Å²) in [5.41, 5.74) is 2.15. The van der Waals surface area contributed by atoms with Crippen LogP contribution in [0.1, 0.15) is 34.5 Å². The zero-order valence-electron chi connectivity index (χ0n) is 16.3. The standard InChI is InChI=1S/C24H20FNO3S/c1-2-15-5-7-17(8-6-15)22(27)20-21(16-9-11-18(25)12-10-16)26(24(29)23(20)28)14-19-4-3-13-30-19/h3-13,21,27H,2,14H2,1H3/b22-20-. The van der Waals surface area contributed by atoms with Crippen molar-refractivity contribution in [1.82, 2.24) is 4.90 Å². The monoisotopic (exact) mass is 421 g/mol. The maximum absolute atomic E-state index is 13.5. The van der Waals surface area contributed by atoms with Gasteiger partial charge in [0.05, 0.1) is 18.2 Å². The molecule has 0 bridgehead atoms. The van der Waals surface area contributed by atoms with Crippen LogP contribution < -0.4 is 0 Å². The van der Waals surface area contributed by atoms with Gasteiger partial charge in [0, 0.05) is 10.4 Å². The van der Waals surface area contributed by atoms with E-state index < -0.39 is 23.5 Å². The van der Waals surface area contributed by atoms with Crippen LogP contribution in [0, 0.1) is 5.82 Å². The number of thiophene rings is 1. The van der Waals surface area contributed by atoms with E-state index >= 15 is 0 Å². The predicted molar refractivity (Wildman–Crippen MR) is 114 cm³/mol. The first kappa shape index (κ1) is 20.0. The van der Waals surface area contributed by atoms with Crippen molar-refractivity contribution in [1.29, 1.82) is 0 Å². The molecule has 3 aromatic rings. The van der Waals surface area contributed by atoms with E-state index in [9.17, 15) is 19.1 Å². The highest BCUT2D eigenvalue weighted by atomic mass is 32.1. The van der Waals surface area contributed by atoms with Gasteiger partial charge in [-0.2, -0.15) is 0 Å². The number of nitrogens with zero attached hydrogens (tertiary/aromatic N) is 1. The van der Waals surface area contributed by atoms with Gasteiger partial charge in [-0.25, -0.2) is 4.39 Å². The van der Waals surface area contributed by atoms with Gasteiger partial charge in [0.15, 0.2) is 0 Å². The molecule has 1 fully saturated rings. The number of carbonyl (C=O) groups excluding carboxylic acids is 2. The first-order valence-corrected chi connectivity index (χ1v) is 10.5. The molecule has 2 heterocycles. The summed E-state index contributed by atoms with van der Waals surface area (Å²) in [4.78, 5) is 28.2. The first-order valence-electron chi connectivity index (χ1n) is 9.65. The molecule has 6 heteroatoms. The first-order chi connectivity index (χ1) is 14.5. The second-order valence-corrected chi connectivity index (χ2v) is 8.14. The molecule has 0 radical (unpaired) electrons. The lowest BCUT2D eigenvalue weighted by atomic mass is 9.95. The SMILES string of the molecule is CCc1ccc(/C(O)=C2/C(=O)C(=O)N(Cc3cccs3)C2c2ccc(F)cc2)cc1. The van der Waals surface area contributed by atoms with Crippen LogP contribution in [0.3, 0.4) is 0 Å². The summed E-state index contributed by atoms with van der Waals surface area (Å²) in [6.45, 7) is 2.26. The summed E-state index contributed by atoms with van der Waals surface area (Å²) < 4.78 is 13.5. The third-order valence-electron chi connectivity index (χ3n) is 5.27. The van der Waals surface area contributed by atoms with Crippen LogP contribution in [0.15, 0.2) is 71.6 Å². The van der Waals surface area contributed by atoms with E-state index in [0.717, 1.165) is 16.9 Å². The predicted octanol–water partition coefficient (Wildman–Crippen LogP) is 5.07. The molecule has 0 saturated carbocycles. The Balaban J connectivity index is 1.84. The Bertz CT molecular complexity index is 1100. The Labute approximate surface area is 177 Å². The minimum absolute atomic E-state index is 0.0208. The van der Waals surface area contributed by atoms with E-state index in [4.69, 9.17) is 0 Å². The molecule has 1 unspecified atom stereocenters. The van der Waals surface area contributed by atoms with Crippen molar-refractivity contribution in [3.63, 3.8) is 0 Å². The Morgan fingerprint density at radius 1 is 1.07 bits per heavy atom. The van der Waals surface area contributed by atoms with Crippen LogP contribution >= 0.6 is 11.3 Å². The van der Waals surface area contributed by atoms with Gasteiger partial charge in [0.1, 0.15) is 11.6 Å². The zero-order chi connectivity index (χ0) is 21.3. The molecule has 0 aliphatic carbocycles. The number of likely N-dealkylation sites (tertiary alicyclic amines) is 1. The van der Waals surface area contributed by atoms with Gasteiger partial charge < -0.3 is 10.0 Å². The molecule has 1 saturated heterocycles. The number of Topliss-reactive ketones (excluding diaryl/α,β-unsaturated/α-hetero) is 1. The smallest absolute Gasteiger partial charge is 0.295 e. The minimum atomic E-state index is -0.793. The number of aliphatic hydroxyl groups is 1. The van der Waals surface area contributed by atoms with Crippen molar-refractivity contribution in [2.45, 2.75) is 25.9 Å². The number of hydrogen-bond donors (Lipinski definition) is 1. The number of rotatable bonds is 5. The quantitative estimate of drug-likeness (QED) is 0.355. The van der Waals surface area contributed by atoms with E-state index in [1.807, 2.05) is 36.6 Å². The van der Waals surface area contributed by atoms with Crippen LogP contribution in [0.2, 0.25) is 0 Å². The maximum Gasteiger partial charge on any atom is 0.295 e. The Kier molecular flexibility index (Phi) is 5.50. The lowest BCUT2D eigenvalue weighted by Gasteiger charge is -2.25. The maximum atomic E-state index is 13.5. The van der Waals surface area contributed by atoms with E-state index in [1.54, 1.807) is 24.3 Å². The van der Waals surface area contributed by atoms with Crippen molar-refractivity contribution >= 4 is 28.8 Å². The van der Waals surface area contributed by atoms with Crippen LogP contribution in [0.5, 0.6) is 0 Å². The molecule has 152 valence electrons. The van der Waals surface area contributed by atoms with Crippen LogP contribution in [0.4, 0.5) is 4.39 Å². The molecular weight excluding hydrogens is 401 g/mol. The van der Waals surface area contributed by atoms with Gasteiger partial charge in [-0.15, -0.1) is 11.3 Å². The lowest BCUT2D eigenvalue weighted by Crippen LogP contribution is -2.28. The highest BCUT2D eigenvalue weighted by Crippen LogP contribution is 2.40. The number of ketones is 1. The molecule has 1 N–H and O–H groups in total. The molecule has 1 amide bonds. The van der Waals surface area contributed by atoms with Crippen LogP contribution in [-0.4, -0.2) is 21.7 Å². The average molecular weight is 421 g/mol. The van der Waals surface area contributed by atoms with E-state index in [2.05, 4.69) is 0 Å². The molecule has 4 rings (SSSR count). The van der Waals surface area contributed by atoms with Crippen molar-refractivity contribution in [3.8, 4) is 0 Å². The topological polar surface area (TPSA) is 57.6 Å². The normalized spacial score (nSPS) is 18.2. The summed E-state index contributed by atoms with van der Waals surface area (Å²) in [5.74, 6) is -2.05. The van der Waals surface area contributed by atoms with Crippen molar-refractivity contribution in [3.05, 3.63) is 99.0 Å². The van der Waals surface area contributed by atoms with Gasteiger partial charge in [0.2, 0.25) is 0 Å². The van der Waals surface area contributed by atoms with Gasteiger partial charge in [-0.3, -0.25) is 9.59 Å². The summed E-state index contributed by atoms with van der Waals surface area (Å²) in [7, 11) is 0. The largest absolute Gasteiger partial charge is 0.507 e. The van der Waals surface area contributed by atoms with Crippen LogP contribution in [0.25, 0.3) is 5.76 Å². The second-order valence-electron chi connectivity index (χ2n) is 7.11. The molecule has 2 aromatic carbocycles. The van der Waals surface area contributed by atoms with Crippen LogP contribution in [-0.2, 0) is 22.6 Å². The zero-order valence-corrected chi connectivity index (χ0v) is 17.2. The molecular formula is C24H20FNO3S. The highest BCUT2D eigenvalue weighted by Gasteiger charge is 2.46. The fourth-order valence-electron chi connectivity index (χ4n) is 3.66. The molecule has 1 aromatic heterocycles. The van der Waals surface area contributed by atoms with Gasteiger partial charge in [-0.05, 0) is 41.1 Å². The van der Waals surface area contributed by atoms with Gasteiger partial charge >= 0.3 is 0 Å². The lowest BCUT2D eigenvalue weighted by molar-refractivity contribution is -0.140. The summed E-state index contributed by atoms with van der Waals surface area (Å²) >= 11 is 1.48. The summed E-state index contributed by atoms with van der Waals surface area (Å²) in [6.07, 6.45) is 0.849. The Hall–Kier alpha value is -3.25. The molecule has 30 heavy (non-hydrogen) atoms. The van der Waals surface area contributed by atoms with Crippen molar-refractivity contribution in [2.75, 3.05) is 0 Å². The number of aliphatic hydroxyl groups excluding tert-OH is 1. The molecule has 1 aliphatic heterocycles. The molecule has 1 atom stereocenters. The van der Waals surface area contributed by atoms with Crippen molar-refractivity contribution < 1.29 is 19.1 Å². The fraction of sp³-hybridized carbons (Fsp3) is 0.167. The number of halogens is 1. The molecule has 1 aliphatic rings. The fourth-order valence-corrected chi connectivity index (χ4v) is 4.36. The number of aryl methyl sites for hydroxylation is 1. The van der Waals surface area contributed by atoms with Gasteiger partial charge in [0.25, 0.3) is 11.7 Å². The Morgan fingerprint density at radius 3 is 2.37 bits per heavy atom. The Morgan fingerprint density at radius 2 is 1.77 bits per heavy atom. The third kappa shape index (κ3) is 3.66. The third-order valence-corrected chi connectivity index (χ3v) is 6.13. The minimum Gasteiger partial charge on any atom is -0.507 e. The summed E-state index contributed by atoms with van der Waals surface area (Å²) in [6, 6.07) is 15.9. The number of carbonyl (C=O) groups is 2. The molecule has 4 nitrogen and oxygen atoms in total. The van der Waals surface area contributed by atoms with E-state index in [0.29, 0.717) is 11.1 Å². The van der Waals surface area contributed by atoms with E-state index in [1.165, 1.54) is 28.4 Å². The average Bonchev–Trinajstić information content (AvgIpc) is 3.36. The summed E-state index contributed by atoms with van der Waals surface area (Å²) in [5, 5.41) is 12.9. The number of hydrogen-bond acceptors (Lipinski definition) is 4. The highest BCUT2D eigenvalue weighted by molar-refractivity contribution is 7.09. The van der Waals surface area contributed by atoms with Gasteiger partial charge in [-0.1, -0.05) is 49.4 Å².